The number of ether oxygens (including phenoxy) is 2. The topological polar surface area (TPSA) is 103 Å². The quantitative estimate of drug-likeness (QED) is 0.240. The SMILES string of the molecule is CCO[Si](N)(OCC)OCC.CO[Si](CCCOCC1CO1)(OC)OC. The van der Waals surface area contributed by atoms with E-state index in [0.717, 1.165) is 19.1 Å². The Bertz CT molecular complexity index is 307. The van der Waals surface area contributed by atoms with E-state index in [1.165, 1.54) is 0 Å². The molecule has 0 saturated carbocycles. The highest BCUT2D eigenvalue weighted by atomic mass is 28.4. The number of nitrogens with two attached hydrogens (primary N) is 1. The van der Waals surface area contributed by atoms with Gasteiger partial charge in [-0.25, -0.2) is 0 Å². The van der Waals surface area contributed by atoms with Crippen LogP contribution in [0.3, 0.4) is 0 Å². The van der Waals surface area contributed by atoms with E-state index in [-0.39, 0.29) is 0 Å². The van der Waals surface area contributed by atoms with Crippen molar-refractivity contribution in [3.05, 3.63) is 0 Å². The van der Waals surface area contributed by atoms with Crippen molar-refractivity contribution in [3.8, 4) is 0 Å². The van der Waals surface area contributed by atoms with Crippen molar-refractivity contribution in [1.29, 1.82) is 0 Å². The Balaban J connectivity index is 0.000000508. The first kappa shape index (κ1) is 26.1. The van der Waals surface area contributed by atoms with Crippen LogP contribution in [-0.4, -0.2) is 84.8 Å². The zero-order valence-corrected chi connectivity index (χ0v) is 19.1. The molecule has 1 aliphatic heterocycles. The molecular weight excluding hydrogens is 378 g/mol. The first-order chi connectivity index (χ1) is 12.4. The lowest BCUT2D eigenvalue weighted by Crippen LogP contribution is -2.55. The lowest BCUT2D eigenvalue weighted by Gasteiger charge is -2.24. The molecule has 1 unspecified atom stereocenters. The molecule has 1 rings (SSSR count). The summed E-state index contributed by atoms with van der Waals surface area (Å²) < 4.78 is 41.9. The van der Waals surface area contributed by atoms with Gasteiger partial charge in [-0.2, -0.15) is 0 Å². The van der Waals surface area contributed by atoms with Crippen LogP contribution in [0.1, 0.15) is 27.2 Å². The molecule has 0 aromatic heterocycles. The van der Waals surface area contributed by atoms with Gasteiger partial charge in [0.05, 0.1) is 13.2 Å². The molecule has 1 saturated heterocycles. The van der Waals surface area contributed by atoms with Crippen LogP contribution in [0.15, 0.2) is 0 Å². The van der Waals surface area contributed by atoms with Crippen LogP contribution >= 0.6 is 0 Å². The Kier molecular flexibility index (Phi) is 15.1. The van der Waals surface area contributed by atoms with Gasteiger partial charge in [0.2, 0.25) is 0 Å². The van der Waals surface area contributed by atoms with E-state index < -0.39 is 17.8 Å². The fraction of sp³-hybridized carbons (Fsp3) is 1.00. The van der Waals surface area contributed by atoms with E-state index in [9.17, 15) is 0 Å². The maximum absolute atomic E-state index is 5.70. The van der Waals surface area contributed by atoms with Crippen molar-refractivity contribution in [3.63, 3.8) is 0 Å². The van der Waals surface area contributed by atoms with Crippen molar-refractivity contribution < 1.29 is 36.0 Å². The van der Waals surface area contributed by atoms with E-state index in [2.05, 4.69) is 0 Å². The highest BCUT2D eigenvalue weighted by Crippen LogP contribution is 2.15. The van der Waals surface area contributed by atoms with Crippen molar-refractivity contribution in [2.75, 3.05) is 61.0 Å². The third-order valence-corrected chi connectivity index (χ3v) is 8.35. The van der Waals surface area contributed by atoms with Crippen molar-refractivity contribution in [2.45, 2.75) is 39.3 Å². The third-order valence-electron chi connectivity index (χ3n) is 3.45. The molecule has 0 aromatic rings. The van der Waals surface area contributed by atoms with Gasteiger partial charge in [0.15, 0.2) is 0 Å². The lowest BCUT2D eigenvalue weighted by atomic mass is 10.5. The van der Waals surface area contributed by atoms with Gasteiger partial charge in [-0.3, -0.25) is 5.40 Å². The van der Waals surface area contributed by atoms with Crippen LogP contribution in [0.4, 0.5) is 0 Å². The van der Waals surface area contributed by atoms with Crippen molar-refractivity contribution in [1.82, 2.24) is 0 Å². The predicted molar refractivity (Wildman–Crippen MR) is 102 cm³/mol. The molecule has 0 spiro atoms. The third kappa shape index (κ3) is 11.7. The second-order valence-corrected chi connectivity index (χ2v) is 10.5. The average Bonchev–Trinajstić information content (AvgIpc) is 3.44. The minimum Gasteiger partial charge on any atom is -0.379 e. The highest BCUT2D eigenvalue weighted by Gasteiger charge is 2.37. The number of epoxide rings is 1. The van der Waals surface area contributed by atoms with Crippen LogP contribution in [-0.2, 0) is 36.0 Å². The molecule has 0 aromatic carbocycles. The van der Waals surface area contributed by atoms with Crippen molar-refractivity contribution in [2.24, 2.45) is 5.40 Å². The summed E-state index contributed by atoms with van der Waals surface area (Å²) in [5, 5.41) is 5.70. The molecule has 1 fully saturated rings. The largest absolute Gasteiger partial charge is 0.594 e. The molecule has 9 nitrogen and oxygen atoms in total. The molecular formula is C15H37NO8Si2. The summed E-state index contributed by atoms with van der Waals surface area (Å²) in [7, 11) is -0.270. The van der Waals surface area contributed by atoms with Gasteiger partial charge >= 0.3 is 17.8 Å². The van der Waals surface area contributed by atoms with Crippen LogP contribution in [0.5, 0.6) is 0 Å². The second kappa shape index (κ2) is 15.0. The van der Waals surface area contributed by atoms with Gasteiger partial charge in [0.1, 0.15) is 6.10 Å². The standard InChI is InChI=1S/C9H20O5Si.C6H17NO3Si/c1-10-15(11-2,12-3)6-4-5-13-7-9-8-14-9;1-4-8-11(7,9-5-2)10-6-3/h9H,4-8H2,1-3H3;4-7H2,1-3H3. The molecule has 1 aliphatic rings. The van der Waals surface area contributed by atoms with Gasteiger partial charge < -0.3 is 36.0 Å². The fourth-order valence-electron chi connectivity index (χ4n) is 2.05. The summed E-state index contributed by atoms with van der Waals surface area (Å²) in [6, 6.07) is 0.780. The summed E-state index contributed by atoms with van der Waals surface area (Å²) in [4.78, 5) is 0. The Hall–Kier alpha value is 0.0738. The zero-order valence-electron chi connectivity index (χ0n) is 17.1. The zero-order chi connectivity index (χ0) is 19.9. The summed E-state index contributed by atoms with van der Waals surface area (Å²) in [6.07, 6.45) is 1.22. The second-order valence-electron chi connectivity index (χ2n) is 5.33. The number of hydrogen-bond acceptors (Lipinski definition) is 9. The summed E-state index contributed by atoms with van der Waals surface area (Å²) in [5.41, 5.74) is 0. The van der Waals surface area contributed by atoms with E-state index in [1.54, 1.807) is 21.3 Å². The molecule has 0 amide bonds. The molecule has 11 heteroatoms. The Morgan fingerprint density at radius 1 is 0.923 bits per heavy atom. The minimum atomic E-state index is -2.75. The van der Waals surface area contributed by atoms with Gasteiger partial charge in [-0.1, -0.05) is 0 Å². The van der Waals surface area contributed by atoms with E-state index >= 15 is 0 Å². The van der Waals surface area contributed by atoms with Crippen LogP contribution in [0.25, 0.3) is 0 Å². The first-order valence-corrected chi connectivity index (χ1v) is 12.7. The predicted octanol–water partition coefficient (Wildman–Crippen LogP) is 1.16. The molecule has 2 N–H and O–H groups in total. The average molecular weight is 416 g/mol. The molecule has 158 valence electrons. The summed E-state index contributed by atoms with van der Waals surface area (Å²) in [6.45, 7) is 9.43. The highest BCUT2D eigenvalue weighted by molar-refractivity contribution is 6.60. The maximum atomic E-state index is 5.70. The fourth-order valence-corrected chi connectivity index (χ4v) is 5.20. The maximum Gasteiger partial charge on any atom is 0.594 e. The Morgan fingerprint density at radius 2 is 1.38 bits per heavy atom. The van der Waals surface area contributed by atoms with E-state index in [0.29, 0.717) is 39.1 Å². The van der Waals surface area contributed by atoms with Crippen LogP contribution in [0, 0.1) is 0 Å². The van der Waals surface area contributed by atoms with Gasteiger partial charge in [-0.15, -0.1) is 0 Å². The normalized spacial score (nSPS) is 17.0. The minimum absolute atomic E-state index is 0.333. The van der Waals surface area contributed by atoms with Crippen LogP contribution in [0.2, 0.25) is 6.04 Å². The van der Waals surface area contributed by atoms with Gasteiger partial charge in [0.25, 0.3) is 0 Å². The van der Waals surface area contributed by atoms with E-state index in [1.807, 2.05) is 20.8 Å². The summed E-state index contributed by atoms with van der Waals surface area (Å²) in [5.74, 6) is 0. The lowest BCUT2D eigenvalue weighted by molar-refractivity contribution is 0.0723. The molecule has 0 aliphatic carbocycles. The molecule has 0 bridgehead atoms. The van der Waals surface area contributed by atoms with Crippen LogP contribution < -0.4 is 5.40 Å². The van der Waals surface area contributed by atoms with E-state index in [4.69, 9.17) is 41.4 Å². The Labute approximate surface area is 160 Å². The van der Waals surface area contributed by atoms with Gasteiger partial charge in [0, 0.05) is 53.8 Å². The first-order valence-electron chi connectivity index (χ1n) is 9.00. The Morgan fingerprint density at radius 3 is 1.73 bits per heavy atom. The summed E-state index contributed by atoms with van der Waals surface area (Å²) >= 11 is 0. The smallest absolute Gasteiger partial charge is 0.379 e. The molecule has 1 atom stereocenters. The molecule has 26 heavy (non-hydrogen) atoms. The molecule has 1 heterocycles. The number of hydrogen-bond donors (Lipinski definition) is 1. The van der Waals surface area contributed by atoms with Gasteiger partial charge in [-0.05, 0) is 27.2 Å². The van der Waals surface area contributed by atoms with Crippen molar-refractivity contribution >= 4 is 17.8 Å². The monoisotopic (exact) mass is 415 g/mol. The molecule has 0 radical (unpaired) electrons. The number of rotatable bonds is 15.